The molecule has 0 radical (unpaired) electrons. The molecule has 0 fully saturated rings. The molecule has 0 saturated heterocycles. The molecule has 0 saturated carbocycles. The van der Waals surface area contributed by atoms with E-state index in [1.165, 1.54) is 18.2 Å². The molecule has 1 rings (SSSR count). The summed E-state index contributed by atoms with van der Waals surface area (Å²) in [5.41, 5.74) is 0.0329. The van der Waals surface area contributed by atoms with E-state index < -0.39 is 4.92 Å². The van der Waals surface area contributed by atoms with Crippen molar-refractivity contribution in [2.45, 2.75) is 19.3 Å². The molecular formula is C12H14N2O4. The number of nitrogens with zero attached hydrogens (tertiary/aromatic N) is 2. The van der Waals surface area contributed by atoms with E-state index in [1.54, 1.807) is 0 Å². The molecular weight excluding hydrogens is 236 g/mol. The highest BCUT2D eigenvalue weighted by molar-refractivity contribution is 5.51. The number of ether oxygens (including phenoxy) is 1. The average molecular weight is 250 g/mol. The number of nitro groups is 1. The van der Waals surface area contributed by atoms with Crippen molar-refractivity contribution in [3.63, 3.8) is 0 Å². The molecule has 0 heterocycles. The third-order valence-corrected chi connectivity index (χ3v) is 2.34. The van der Waals surface area contributed by atoms with Crippen molar-refractivity contribution < 1.29 is 14.8 Å². The van der Waals surface area contributed by atoms with Crippen LogP contribution in [0.3, 0.4) is 0 Å². The minimum atomic E-state index is -0.566. The van der Waals surface area contributed by atoms with Crippen LogP contribution in [0, 0.1) is 21.4 Å². The maximum atomic E-state index is 10.8. The van der Waals surface area contributed by atoms with E-state index in [1.807, 2.05) is 6.07 Å². The third-order valence-electron chi connectivity index (χ3n) is 2.34. The predicted molar refractivity (Wildman–Crippen MR) is 64.2 cm³/mol. The summed E-state index contributed by atoms with van der Waals surface area (Å²) in [4.78, 5) is 10.2. The highest BCUT2D eigenvalue weighted by atomic mass is 16.6. The Morgan fingerprint density at radius 3 is 2.78 bits per heavy atom. The van der Waals surface area contributed by atoms with Gasteiger partial charge in [0.15, 0.2) is 5.75 Å². The molecule has 6 nitrogen and oxygen atoms in total. The minimum Gasteiger partial charge on any atom is -0.487 e. The fraction of sp³-hybridized carbons (Fsp3) is 0.417. The maximum absolute atomic E-state index is 10.8. The van der Waals surface area contributed by atoms with Crippen LogP contribution in [0.25, 0.3) is 0 Å². The fourth-order valence-corrected chi connectivity index (χ4v) is 1.42. The first-order chi connectivity index (χ1) is 8.69. The van der Waals surface area contributed by atoms with E-state index in [2.05, 4.69) is 0 Å². The summed E-state index contributed by atoms with van der Waals surface area (Å²) in [6.45, 7) is 0.490. The largest absolute Gasteiger partial charge is 0.487 e. The van der Waals surface area contributed by atoms with Crippen LogP contribution in [0.15, 0.2) is 18.2 Å². The quantitative estimate of drug-likeness (QED) is 0.453. The number of benzene rings is 1. The van der Waals surface area contributed by atoms with E-state index in [4.69, 9.17) is 15.1 Å². The maximum Gasteiger partial charge on any atom is 0.312 e. The molecule has 6 heteroatoms. The van der Waals surface area contributed by atoms with Crippen LogP contribution in [-0.2, 0) is 0 Å². The van der Waals surface area contributed by atoms with Crippen molar-refractivity contribution in [1.82, 2.24) is 0 Å². The Balaban J connectivity index is 2.65. The summed E-state index contributed by atoms with van der Waals surface area (Å²) in [5, 5.41) is 28.1. The van der Waals surface area contributed by atoms with Gasteiger partial charge in [-0.15, -0.1) is 0 Å². The van der Waals surface area contributed by atoms with Crippen molar-refractivity contribution in [3.05, 3.63) is 33.9 Å². The lowest BCUT2D eigenvalue weighted by Crippen LogP contribution is -2.01. The Hall–Kier alpha value is -2.13. The van der Waals surface area contributed by atoms with E-state index in [0.29, 0.717) is 13.0 Å². The first-order valence-corrected chi connectivity index (χ1v) is 5.61. The van der Waals surface area contributed by atoms with Gasteiger partial charge in [-0.1, -0.05) is 0 Å². The lowest BCUT2D eigenvalue weighted by atomic mass is 10.2. The third kappa shape index (κ3) is 4.03. The minimum absolute atomic E-state index is 0.136. The molecule has 0 amide bonds. The van der Waals surface area contributed by atoms with Crippen LogP contribution >= 0.6 is 0 Å². The molecule has 1 N–H and O–H groups in total. The lowest BCUT2D eigenvalue weighted by Gasteiger charge is -2.06. The first kappa shape index (κ1) is 13.9. The van der Waals surface area contributed by atoms with Crippen molar-refractivity contribution in [1.29, 1.82) is 5.26 Å². The molecule has 0 aromatic heterocycles. The summed E-state index contributed by atoms with van der Waals surface area (Å²) in [6.07, 6.45) is 2.22. The molecule has 0 aliphatic rings. The van der Waals surface area contributed by atoms with Gasteiger partial charge in [-0.05, 0) is 31.4 Å². The molecule has 18 heavy (non-hydrogen) atoms. The van der Waals surface area contributed by atoms with Gasteiger partial charge in [-0.2, -0.15) is 5.26 Å². The van der Waals surface area contributed by atoms with Gasteiger partial charge in [0.1, 0.15) is 0 Å². The number of aliphatic hydroxyl groups excluding tert-OH is 1. The molecule has 0 spiro atoms. The Kier molecular flexibility index (Phi) is 5.61. The number of hydrogen-bond donors (Lipinski definition) is 1. The fourth-order valence-electron chi connectivity index (χ4n) is 1.42. The van der Waals surface area contributed by atoms with Crippen LogP contribution in [0.1, 0.15) is 24.8 Å². The monoisotopic (exact) mass is 250 g/mol. The van der Waals surface area contributed by atoms with Gasteiger partial charge >= 0.3 is 5.69 Å². The highest BCUT2D eigenvalue weighted by Gasteiger charge is 2.15. The zero-order valence-electron chi connectivity index (χ0n) is 9.83. The van der Waals surface area contributed by atoms with Gasteiger partial charge in [-0.25, -0.2) is 0 Å². The summed E-state index contributed by atoms with van der Waals surface area (Å²) in [7, 11) is 0. The van der Waals surface area contributed by atoms with E-state index in [0.717, 1.165) is 12.8 Å². The smallest absolute Gasteiger partial charge is 0.312 e. The number of aliphatic hydroxyl groups is 1. The van der Waals surface area contributed by atoms with Crippen molar-refractivity contribution in [2.24, 2.45) is 0 Å². The van der Waals surface area contributed by atoms with E-state index in [9.17, 15) is 10.1 Å². The Morgan fingerprint density at radius 1 is 1.39 bits per heavy atom. The first-order valence-electron chi connectivity index (χ1n) is 5.61. The summed E-state index contributed by atoms with van der Waals surface area (Å²) >= 11 is 0. The summed E-state index contributed by atoms with van der Waals surface area (Å²) in [5.74, 6) is 0.169. The van der Waals surface area contributed by atoms with Crippen molar-refractivity contribution in [2.75, 3.05) is 13.2 Å². The summed E-state index contributed by atoms with van der Waals surface area (Å²) < 4.78 is 5.31. The lowest BCUT2D eigenvalue weighted by molar-refractivity contribution is -0.385. The van der Waals surface area contributed by atoms with Crippen molar-refractivity contribution >= 4 is 5.69 Å². The zero-order valence-corrected chi connectivity index (χ0v) is 9.83. The molecule has 0 unspecified atom stereocenters. The number of nitro benzene ring substituents is 1. The number of hydrogen-bond acceptors (Lipinski definition) is 5. The number of nitriles is 1. The van der Waals surface area contributed by atoms with Crippen molar-refractivity contribution in [3.8, 4) is 11.8 Å². The van der Waals surface area contributed by atoms with Gasteiger partial charge in [0.05, 0.1) is 23.2 Å². The van der Waals surface area contributed by atoms with E-state index in [-0.39, 0.29) is 23.6 Å². The van der Waals surface area contributed by atoms with Gasteiger partial charge in [0, 0.05) is 12.7 Å². The van der Waals surface area contributed by atoms with Crippen LogP contribution in [0.4, 0.5) is 5.69 Å². The van der Waals surface area contributed by atoms with E-state index >= 15 is 0 Å². The van der Waals surface area contributed by atoms with Gasteiger partial charge in [0.25, 0.3) is 0 Å². The molecule has 1 aromatic carbocycles. The van der Waals surface area contributed by atoms with Crippen LogP contribution in [0.2, 0.25) is 0 Å². The molecule has 1 aromatic rings. The second-order valence-electron chi connectivity index (χ2n) is 3.68. The Bertz CT molecular complexity index is 454. The molecule has 0 bridgehead atoms. The Morgan fingerprint density at radius 2 is 2.17 bits per heavy atom. The SMILES string of the molecule is N#Cc1ccc(OCCCCCO)c([N+](=O)[O-])c1. The molecule has 0 atom stereocenters. The van der Waals surface area contributed by atoms with Gasteiger partial charge < -0.3 is 9.84 Å². The molecule has 0 aliphatic heterocycles. The summed E-state index contributed by atoms with van der Waals surface area (Å²) in [6, 6.07) is 5.96. The van der Waals surface area contributed by atoms with Crippen LogP contribution in [-0.4, -0.2) is 23.2 Å². The molecule has 0 aliphatic carbocycles. The second kappa shape index (κ2) is 7.25. The number of unbranched alkanes of at least 4 members (excludes halogenated alkanes) is 2. The topological polar surface area (TPSA) is 96.4 Å². The standard InChI is InChI=1S/C12H14N2O4/c13-9-10-4-5-12(11(8-10)14(16)17)18-7-3-1-2-6-15/h4-5,8,15H,1-3,6-7H2. The second-order valence-corrected chi connectivity index (χ2v) is 3.68. The Labute approximate surface area is 105 Å². The highest BCUT2D eigenvalue weighted by Crippen LogP contribution is 2.27. The van der Waals surface area contributed by atoms with Gasteiger partial charge in [0.2, 0.25) is 0 Å². The van der Waals surface area contributed by atoms with Crippen LogP contribution < -0.4 is 4.74 Å². The zero-order chi connectivity index (χ0) is 13.4. The predicted octanol–water partition coefficient (Wildman–Crippen LogP) is 2.01. The normalized spacial score (nSPS) is 9.78. The van der Waals surface area contributed by atoms with Gasteiger partial charge in [-0.3, -0.25) is 10.1 Å². The molecule has 96 valence electrons. The average Bonchev–Trinajstić information content (AvgIpc) is 2.38. The van der Waals surface area contributed by atoms with Crippen LogP contribution in [0.5, 0.6) is 5.75 Å². The number of rotatable bonds is 7.